The average Bonchev–Trinajstić information content (AvgIpc) is 2.51. The average molecular weight is 512 g/mol. The fourth-order valence-corrected chi connectivity index (χ4v) is 3.21. The number of halogens is 2. The Bertz CT molecular complexity index is 739. The van der Waals surface area contributed by atoms with E-state index >= 15 is 0 Å². The molecule has 3 rings (SSSR count). The molecule has 0 spiro atoms. The number of hydrogen-bond acceptors (Lipinski definition) is 2. The van der Waals surface area contributed by atoms with Crippen LogP contribution in [0, 0.1) is 7.14 Å². The quantitative estimate of drug-likeness (QED) is 0.358. The number of rotatable bonds is 2. The standard InChI is InChI=1S/C18H14I2N2/c19-13-5-1-11(2-6-13)17-15(21)9-10-16(22)18(17)12-3-7-14(20)8-4-12/h1-10H,21-22H2. The molecule has 0 unspecified atom stereocenters. The summed E-state index contributed by atoms with van der Waals surface area (Å²) in [6, 6.07) is 20.4. The minimum absolute atomic E-state index is 0.740. The molecule has 0 aliphatic heterocycles. The Labute approximate surface area is 157 Å². The van der Waals surface area contributed by atoms with Crippen LogP contribution in [0.5, 0.6) is 0 Å². The molecule has 110 valence electrons. The van der Waals surface area contributed by atoms with E-state index in [0.29, 0.717) is 0 Å². The van der Waals surface area contributed by atoms with Crippen LogP contribution in [0.15, 0.2) is 60.7 Å². The third-order valence-corrected chi connectivity index (χ3v) is 4.97. The van der Waals surface area contributed by atoms with Crippen LogP contribution in [-0.4, -0.2) is 0 Å². The number of anilines is 2. The summed E-state index contributed by atoms with van der Waals surface area (Å²) in [5, 5.41) is 0. The molecule has 0 bridgehead atoms. The Balaban J connectivity index is 2.27. The van der Waals surface area contributed by atoms with E-state index in [1.54, 1.807) is 0 Å². The molecular weight excluding hydrogens is 498 g/mol. The Kier molecular flexibility index (Phi) is 4.58. The first-order valence-corrected chi connectivity index (χ1v) is 8.92. The summed E-state index contributed by atoms with van der Waals surface area (Å²) in [7, 11) is 0. The largest absolute Gasteiger partial charge is 0.398 e. The highest BCUT2D eigenvalue weighted by atomic mass is 127. The molecule has 0 radical (unpaired) electrons. The van der Waals surface area contributed by atoms with Gasteiger partial charge in [0.2, 0.25) is 0 Å². The lowest BCUT2D eigenvalue weighted by Crippen LogP contribution is -1.98. The molecule has 0 fully saturated rings. The van der Waals surface area contributed by atoms with E-state index in [4.69, 9.17) is 11.5 Å². The van der Waals surface area contributed by atoms with Gasteiger partial charge in [0.15, 0.2) is 0 Å². The van der Waals surface area contributed by atoms with Gasteiger partial charge in [0, 0.05) is 29.6 Å². The first-order chi connectivity index (χ1) is 10.6. The zero-order valence-corrected chi connectivity index (χ0v) is 16.0. The predicted molar refractivity (Wildman–Crippen MR) is 112 cm³/mol. The van der Waals surface area contributed by atoms with E-state index < -0.39 is 0 Å². The molecule has 2 nitrogen and oxygen atoms in total. The lowest BCUT2D eigenvalue weighted by atomic mass is 9.92. The Morgan fingerprint density at radius 1 is 0.500 bits per heavy atom. The van der Waals surface area contributed by atoms with Crippen LogP contribution in [0.4, 0.5) is 11.4 Å². The topological polar surface area (TPSA) is 52.0 Å². The molecule has 0 saturated heterocycles. The second-order valence-electron chi connectivity index (χ2n) is 5.01. The van der Waals surface area contributed by atoms with Gasteiger partial charge in [-0.2, -0.15) is 0 Å². The SMILES string of the molecule is Nc1ccc(N)c(-c2ccc(I)cc2)c1-c1ccc(I)cc1. The van der Waals surface area contributed by atoms with E-state index in [9.17, 15) is 0 Å². The first-order valence-electron chi connectivity index (χ1n) is 6.76. The van der Waals surface area contributed by atoms with E-state index in [1.807, 2.05) is 12.1 Å². The molecule has 3 aromatic rings. The Hall–Kier alpha value is -1.28. The summed E-state index contributed by atoms with van der Waals surface area (Å²) >= 11 is 4.60. The molecule has 0 atom stereocenters. The summed E-state index contributed by atoms with van der Waals surface area (Å²) in [4.78, 5) is 0. The van der Waals surface area contributed by atoms with Gasteiger partial charge in [0.25, 0.3) is 0 Å². The van der Waals surface area contributed by atoms with Crippen LogP contribution in [0.2, 0.25) is 0 Å². The summed E-state index contributed by atoms with van der Waals surface area (Å²) in [6.07, 6.45) is 0. The minimum atomic E-state index is 0.740. The maximum Gasteiger partial charge on any atom is 0.0401 e. The predicted octanol–water partition coefficient (Wildman–Crippen LogP) is 5.39. The number of hydrogen-bond donors (Lipinski definition) is 2. The summed E-state index contributed by atoms with van der Waals surface area (Å²) in [5.74, 6) is 0. The maximum atomic E-state index is 6.27. The van der Waals surface area contributed by atoms with Crippen LogP contribution < -0.4 is 11.5 Å². The van der Waals surface area contributed by atoms with E-state index in [0.717, 1.165) is 33.6 Å². The molecule has 22 heavy (non-hydrogen) atoms. The second-order valence-corrected chi connectivity index (χ2v) is 7.50. The fraction of sp³-hybridized carbons (Fsp3) is 0. The van der Waals surface area contributed by atoms with Crippen molar-refractivity contribution in [2.24, 2.45) is 0 Å². The number of benzene rings is 3. The molecular formula is C18H14I2N2. The molecule has 0 aliphatic carbocycles. The van der Waals surface area contributed by atoms with E-state index in [-0.39, 0.29) is 0 Å². The van der Waals surface area contributed by atoms with Gasteiger partial charge in [0.05, 0.1) is 0 Å². The smallest absolute Gasteiger partial charge is 0.0401 e. The van der Waals surface area contributed by atoms with Crippen molar-refractivity contribution in [2.45, 2.75) is 0 Å². The lowest BCUT2D eigenvalue weighted by molar-refractivity contribution is 1.55. The van der Waals surface area contributed by atoms with Gasteiger partial charge in [-0.3, -0.25) is 0 Å². The van der Waals surface area contributed by atoms with Crippen molar-refractivity contribution in [1.82, 2.24) is 0 Å². The van der Waals surface area contributed by atoms with Crippen molar-refractivity contribution in [3.63, 3.8) is 0 Å². The molecule has 0 amide bonds. The zero-order chi connectivity index (χ0) is 15.7. The van der Waals surface area contributed by atoms with Crippen LogP contribution in [-0.2, 0) is 0 Å². The van der Waals surface area contributed by atoms with Gasteiger partial charge in [-0.1, -0.05) is 24.3 Å². The molecule has 0 aromatic heterocycles. The zero-order valence-electron chi connectivity index (χ0n) is 11.7. The highest BCUT2D eigenvalue weighted by Crippen LogP contribution is 2.40. The van der Waals surface area contributed by atoms with Crippen molar-refractivity contribution in [3.8, 4) is 22.3 Å². The number of nitrogen functional groups attached to an aromatic ring is 2. The maximum absolute atomic E-state index is 6.27. The van der Waals surface area contributed by atoms with Crippen LogP contribution in [0.25, 0.3) is 22.3 Å². The van der Waals surface area contributed by atoms with Crippen molar-refractivity contribution in [2.75, 3.05) is 11.5 Å². The van der Waals surface area contributed by atoms with Gasteiger partial charge < -0.3 is 11.5 Å². The van der Waals surface area contributed by atoms with Gasteiger partial charge in [-0.25, -0.2) is 0 Å². The summed E-state index contributed by atoms with van der Waals surface area (Å²) in [6.45, 7) is 0. The lowest BCUT2D eigenvalue weighted by Gasteiger charge is -2.16. The second kappa shape index (κ2) is 6.45. The van der Waals surface area contributed by atoms with Crippen LogP contribution >= 0.6 is 45.2 Å². The van der Waals surface area contributed by atoms with Gasteiger partial charge in [-0.15, -0.1) is 0 Å². The van der Waals surface area contributed by atoms with Crippen molar-refractivity contribution >= 4 is 56.6 Å². The van der Waals surface area contributed by atoms with Gasteiger partial charge in [0.1, 0.15) is 0 Å². The minimum Gasteiger partial charge on any atom is -0.398 e. The van der Waals surface area contributed by atoms with E-state index in [1.165, 1.54) is 7.14 Å². The van der Waals surface area contributed by atoms with Crippen molar-refractivity contribution in [1.29, 1.82) is 0 Å². The number of nitrogens with two attached hydrogens (primary N) is 2. The molecule has 0 aliphatic rings. The third kappa shape index (κ3) is 3.08. The molecule has 4 N–H and O–H groups in total. The van der Waals surface area contributed by atoms with Gasteiger partial charge >= 0.3 is 0 Å². The normalized spacial score (nSPS) is 10.6. The van der Waals surface area contributed by atoms with Crippen molar-refractivity contribution < 1.29 is 0 Å². The third-order valence-electron chi connectivity index (χ3n) is 3.54. The highest BCUT2D eigenvalue weighted by molar-refractivity contribution is 14.1. The Morgan fingerprint density at radius 2 is 0.818 bits per heavy atom. The summed E-state index contributed by atoms with van der Waals surface area (Å²) < 4.78 is 2.39. The molecule has 4 heteroatoms. The van der Waals surface area contributed by atoms with Crippen molar-refractivity contribution in [3.05, 3.63) is 67.8 Å². The molecule has 3 aromatic carbocycles. The molecule has 0 heterocycles. The summed E-state index contributed by atoms with van der Waals surface area (Å²) in [5.41, 5.74) is 18.2. The monoisotopic (exact) mass is 512 g/mol. The first kappa shape index (κ1) is 15.6. The molecule has 0 saturated carbocycles. The van der Waals surface area contributed by atoms with Gasteiger partial charge in [-0.05, 0) is 92.7 Å². The van der Waals surface area contributed by atoms with Crippen LogP contribution in [0.3, 0.4) is 0 Å². The van der Waals surface area contributed by atoms with Crippen LogP contribution in [0.1, 0.15) is 0 Å². The highest BCUT2D eigenvalue weighted by Gasteiger charge is 2.14. The Morgan fingerprint density at radius 3 is 1.14 bits per heavy atom. The fourth-order valence-electron chi connectivity index (χ4n) is 2.49. The van der Waals surface area contributed by atoms with E-state index in [2.05, 4.69) is 93.7 Å².